The van der Waals surface area contributed by atoms with Gasteiger partial charge in [-0.1, -0.05) is 23.2 Å². The highest BCUT2D eigenvalue weighted by molar-refractivity contribution is 6.35. The van der Waals surface area contributed by atoms with Crippen molar-refractivity contribution in [3.05, 3.63) is 34.4 Å². The topological polar surface area (TPSA) is 44.8 Å². The molecule has 1 heterocycles. The Bertz CT molecular complexity index is 578. The van der Waals surface area contributed by atoms with Crippen molar-refractivity contribution >= 4 is 23.2 Å². The van der Waals surface area contributed by atoms with Crippen molar-refractivity contribution < 1.29 is 9.79 Å². The van der Waals surface area contributed by atoms with Crippen LogP contribution < -0.4 is 9.79 Å². The summed E-state index contributed by atoms with van der Waals surface area (Å²) in [7, 11) is 0. The Morgan fingerprint density at radius 3 is 2.76 bits per heavy atom. The summed E-state index contributed by atoms with van der Waals surface area (Å²) in [4.78, 5) is 0. The Morgan fingerprint density at radius 2 is 2.12 bits per heavy atom. The number of rotatable bonds is 2. The van der Waals surface area contributed by atoms with Crippen molar-refractivity contribution in [3.63, 3.8) is 0 Å². The lowest BCUT2D eigenvalue weighted by atomic mass is 10.3. The van der Waals surface area contributed by atoms with Crippen molar-refractivity contribution in [2.24, 2.45) is 0 Å². The molecule has 1 aromatic carbocycles. The van der Waals surface area contributed by atoms with Crippen LogP contribution in [0.5, 0.6) is 5.88 Å². The standard InChI is InChI=1S/C11H9Cl2N3O/c12-7-1-4-10(9(13)5-7)16-11(17)6-15(14-16)8-2-3-8/h1,4-6,8H,2-3H2. The van der Waals surface area contributed by atoms with Crippen LogP contribution in [0.3, 0.4) is 0 Å². The van der Waals surface area contributed by atoms with Crippen molar-refractivity contribution in [2.75, 3.05) is 0 Å². The van der Waals surface area contributed by atoms with Crippen LogP contribution in [0.2, 0.25) is 10.0 Å². The molecule has 0 atom stereocenters. The van der Waals surface area contributed by atoms with E-state index in [4.69, 9.17) is 23.2 Å². The van der Waals surface area contributed by atoms with Crippen LogP contribution in [0.15, 0.2) is 24.4 Å². The van der Waals surface area contributed by atoms with Gasteiger partial charge in [-0.2, -0.15) is 0 Å². The Labute approximate surface area is 108 Å². The molecule has 4 nitrogen and oxygen atoms in total. The molecular formula is C11H9Cl2N3O. The molecule has 0 spiro atoms. The van der Waals surface area contributed by atoms with E-state index in [0.717, 1.165) is 12.8 Å². The predicted octanol–water partition coefficient (Wildman–Crippen LogP) is 1.88. The molecule has 0 aliphatic heterocycles. The molecule has 0 unspecified atom stereocenters. The molecule has 2 aromatic rings. The lowest BCUT2D eigenvalue weighted by Gasteiger charge is -2.02. The van der Waals surface area contributed by atoms with Crippen molar-refractivity contribution in [3.8, 4) is 11.6 Å². The fourth-order valence-electron chi connectivity index (χ4n) is 1.68. The van der Waals surface area contributed by atoms with E-state index in [9.17, 15) is 5.11 Å². The molecule has 1 aliphatic rings. The minimum Gasteiger partial charge on any atom is -0.838 e. The zero-order valence-corrected chi connectivity index (χ0v) is 10.3. The molecule has 0 N–H and O–H groups in total. The molecule has 17 heavy (non-hydrogen) atoms. The fraction of sp³-hybridized carbons (Fsp3) is 0.273. The number of halogens is 2. The molecule has 88 valence electrons. The van der Waals surface area contributed by atoms with E-state index in [-0.39, 0.29) is 5.88 Å². The number of hydrogen-bond acceptors (Lipinski definition) is 2. The van der Waals surface area contributed by atoms with Gasteiger partial charge in [-0.25, -0.2) is 0 Å². The van der Waals surface area contributed by atoms with Gasteiger partial charge in [0.15, 0.2) is 5.69 Å². The number of benzene rings is 1. The third-order valence-corrected chi connectivity index (χ3v) is 3.24. The summed E-state index contributed by atoms with van der Waals surface area (Å²) in [5.41, 5.74) is 0.556. The molecule has 6 heteroatoms. The van der Waals surface area contributed by atoms with E-state index in [1.807, 2.05) is 0 Å². The van der Waals surface area contributed by atoms with E-state index in [2.05, 4.69) is 5.21 Å². The summed E-state index contributed by atoms with van der Waals surface area (Å²) >= 11 is 11.9. The van der Waals surface area contributed by atoms with Gasteiger partial charge >= 0.3 is 0 Å². The van der Waals surface area contributed by atoms with Crippen LogP contribution in [0.1, 0.15) is 18.9 Å². The predicted molar refractivity (Wildman–Crippen MR) is 61.5 cm³/mol. The van der Waals surface area contributed by atoms with E-state index in [0.29, 0.717) is 21.8 Å². The van der Waals surface area contributed by atoms with Crippen LogP contribution in [0, 0.1) is 0 Å². The van der Waals surface area contributed by atoms with E-state index in [1.165, 1.54) is 10.9 Å². The van der Waals surface area contributed by atoms with E-state index < -0.39 is 0 Å². The summed E-state index contributed by atoms with van der Waals surface area (Å²) < 4.78 is 3.00. The molecule has 1 saturated carbocycles. The van der Waals surface area contributed by atoms with E-state index in [1.54, 1.807) is 22.9 Å². The van der Waals surface area contributed by atoms with Gasteiger partial charge < -0.3 is 5.11 Å². The molecule has 0 radical (unpaired) electrons. The van der Waals surface area contributed by atoms with Gasteiger partial charge in [0.05, 0.1) is 10.2 Å². The van der Waals surface area contributed by atoms with Crippen LogP contribution >= 0.6 is 23.2 Å². The number of nitrogens with zero attached hydrogens (tertiary/aromatic N) is 3. The third-order valence-electron chi connectivity index (χ3n) is 2.70. The molecule has 1 fully saturated rings. The quantitative estimate of drug-likeness (QED) is 0.782. The second-order valence-corrected chi connectivity index (χ2v) is 4.92. The average Bonchev–Trinajstić information content (AvgIpc) is 3.04. The summed E-state index contributed by atoms with van der Waals surface area (Å²) in [6, 6.07) is 5.35. The van der Waals surface area contributed by atoms with Crippen LogP contribution in [-0.4, -0.2) is 9.90 Å². The molecular weight excluding hydrogens is 261 g/mol. The van der Waals surface area contributed by atoms with Crippen LogP contribution in [0.25, 0.3) is 5.69 Å². The maximum absolute atomic E-state index is 11.8. The summed E-state index contributed by atoms with van der Waals surface area (Å²) in [6.07, 6.45) is 3.66. The van der Waals surface area contributed by atoms with Gasteiger partial charge in [0.1, 0.15) is 18.1 Å². The van der Waals surface area contributed by atoms with Gasteiger partial charge in [-0.05, 0) is 31.0 Å². The molecule has 1 aromatic heterocycles. The molecule has 0 bridgehead atoms. The summed E-state index contributed by atoms with van der Waals surface area (Å²) in [5, 5.41) is 17.0. The lowest BCUT2D eigenvalue weighted by Crippen LogP contribution is -2.34. The van der Waals surface area contributed by atoms with Gasteiger partial charge in [-0.3, -0.25) is 0 Å². The minimum absolute atomic E-state index is 0.180. The van der Waals surface area contributed by atoms with Crippen LogP contribution in [-0.2, 0) is 0 Å². The first-order valence-corrected chi connectivity index (χ1v) is 6.04. The largest absolute Gasteiger partial charge is 0.838 e. The highest BCUT2D eigenvalue weighted by Gasteiger charge is 2.31. The van der Waals surface area contributed by atoms with E-state index >= 15 is 0 Å². The van der Waals surface area contributed by atoms with Gasteiger partial charge in [0.25, 0.3) is 0 Å². The first-order valence-electron chi connectivity index (χ1n) is 5.29. The maximum Gasteiger partial charge on any atom is 0.173 e. The molecule has 0 amide bonds. The van der Waals surface area contributed by atoms with Gasteiger partial charge in [-0.15, -0.1) is 9.36 Å². The average molecular weight is 270 g/mol. The summed E-state index contributed by atoms with van der Waals surface area (Å²) in [5.74, 6) is -0.180. The zero-order chi connectivity index (χ0) is 12.0. The fourth-order valence-corrected chi connectivity index (χ4v) is 2.17. The van der Waals surface area contributed by atoms with Crippen molar-refractivity contribution in [1.82, 2.24) is 9.90 Å². The Balaban J connectivity index is 2.07. The normalized spacial score (nSPS) is 15.2. The molecule has 1 aliphatic carbocycles. The smallest absolute Gasteiger partial charge is 0.173 e. The minimum atomic E-state index is -0.180. The second kappa shape index (κ2) is 3.89. The van der Waals surface area contributed by atoms with Crippen molar-refractivity contribution in [2.45, 2.75) is 18.9 Å². The number of aromatic nitrogens is 3. The second-order valence-electron chi connectivity index (χ2n) is 4.08. The Hall–Kier alpha value is -1.26. The molecule has 0 saturated heterocycles. The first-order chi connectivity index (χ1) is 8.15. The monoisotopic (exact) mass is 269 g/mol. The molecule has 3 rings (SSSR count). The van der Waals surface area contributed by atoms with Crippen molar-refractivity contribution in [1.29, 1.82) is 0 Å². The maximum atomic E-state index is 11.8. The lowest BCUT2D eigenvalue weighted by molar-refractivity contribution is -0.758. The Kier molecular flexibility index (Phi) is 2.49. The SMILES string of the molecule is [O-]c1c[n+](C2CC2)nn1-c1ccc(Cl)cc1Cl. The Morgan fingerprint density at radius 1 is 1.35 bits per heavy atom. The zero-order valence-electron chi connectivity index (χ0n) is 8.81. The van der Waals surface area contributed by atoms with Gasteiger partial charge in [0.2, 0.25) is 0 Å². The van der Waals surface area contributed by atoms with Crippen LogP contribution in [0.4, 0.5) is 0 Å². The third kappa shape index (κ3) is 1.98. The van der Waals surface area contributed by atoms with Gasteiger partial charge in [0, 0.05) is 5.02 Å². The highest BCUT2D eigenvalue weighted by Crippen LogP contribution is 2.30. The first kappa shape index (κ1) is 10.9. The summed E-state index contributed by atoms with van der Waals surface area (Å²) in [6.45, 7) is 0. The highest BCUT2D eigenvalue weighted by atomic mass is 35.5. The number of hydrogen-bond donors (Lipinski definition) is 0.